The van der Waals surface area contributed by atoms with Crippen molar-refractivity contribution < 1.29 is 18.3 Å². The van der Waals surface area contributed by atoms with Crippen molar-refractivity contribution in [3.8, 4) is 0 Å². The molecule has 0 aromatic heterocycles. The molecular formula is C14H19F2NO2. The molecular weight excluding hydrogens is 252 g/mol. The first-order valence-electron chi connectivity index (χ1n) is 6.37. The molecule has 1 aromatic rings. The van der Waals surface area contributed by atoms with Crippen molar-refractivity contribution in [2.75, 3.05) is 6.61 Å². The van der Waals surface area contributed by atoms with Gasteiger partial charge in [0.15, 0.2) is 0 Å². The highest BCUT2D eigenvalue weighted by atomic mass is 19.1. The third kappa shape index (κ3) is 4.28. The Morgan fingerprint density at radius 2 is 2.05 bits per heavy atom. The minimum absolute atomic E-state index is 0.0166. The van der Waals surface area contributed by atoms with Crippen LogP contribution in [0.3, 0.4) is 0 Å². The van der Waals surface area contributed by atoms with Crippen molar-refractivity contribution in [2.45, 2.75) is 39.3 Å². The molecule has 0 spiro atoms. The lowest BCUT2D eigenvalue weighted by Gasteiger charge is -2.22. The summed E-state index contributed by atoms with van der Waals surface area (Å²) in [6.45, 7) is 5.65. The maximum atomic E-state index is 13.8. The number of halogens is 2. The maximum absolute atomic E-state index is 13.8. The Morgan fingerprint density at radius 1 is 1.37 bits per heavy atom. The van der Waals surface area contributed by atoms with E-state index in [2.05, 4.69) is 5.32 Å². The van der Waals surface area contributed by atoms with Crippen LogP contribution in [0, 0.1) is 11.6 Å². The van der Waals surface area contributed by atoms with E-state index in [1.807, 2.05) is 13.8 Å². The summed E-state index contributed by atoms with van der Waals surface area (Å²) in [4.78, 5) is 11.9. The number of hydrogen-bond donors (Lipinski definition) is 1. The van der Waals surface area contributed by atoms with Crippen LogP contribution in [0.1, 0.15) is 38.8 Å². The molecule has 1 aromatic carbocycles. The fourth-order valence-corrected chi connectivity index (χ4v) is 1.65. The quantitative estimate of drug-likeness (QED) is 0.808. The Labute approximate surface area is 112 Å². The summed E-state index contributed by atoms with van der Waals surface area (Å²) in [5.41, 5.74) is -0.0289. The fraction of sp³-hybridized carbons (Fsp3) is 0.500. The van der Waals surface area contributed by atoms with Gasteiger partial charge >= 0.3 is 5.97 Å². The molecule has 0 aliphatic carbocycles. The second-order valence-corrected chi connectivity index (χ2v) is 4.33. The predicted octanol–water partition coefficient (Wildman–Crippen LogP) is 2.96. The van der Waals surface area contributed by atoms with Crippen molar-refractivity contribution in [2.24, 2.45) is 0 Å². The van der Waals surface area contributed by atoms with E-state index in [9.17, 15) is 13.6 Å². The van der Waals surface area contributed by atoms with Gasteiger partial charge in [0.05, 0.1) is 6.61 Å². The molecule has 0 saturated carbocycles. The average molecular weight is 271 g/mol. The summed E-state index contributed by atoms with van der Waals surface area (Å²) >= 11 is 0. The lowest BCUT2D eigenvalue weighted by molar-refractivity contribution is -0.146. The normalized spacial score (nSPS) is 13.9. The molecule has 2 atom stereocenters. The second-order valence-electron chi connectivity index (χ2n) is 4.33. The highest BCUT2D eigenvalue weighted by Gasteiger charge is 2.26. The van der Waals surface area contributed by atoms with Gasteiger partial charge in [-0.25, -0.2) is 13.6 Å². The summed E-state index contributed by atoms with van der Waals surface area (Å²) in [6, 6.07) is 2.04. The van der Waals surface area contributed by atoms with Gasteiger partial charge in [0.2, 0.25) is 0 Å². The van der Waals surface area contributed by atoms with Gasteiger partial charge in [0, 0.05) is 11.6 Å². The van der Waals surface area contributed by atoms with E-state index >= 15 is 0 Å². The van der Waals surface area contributed by atoms with Crippen molar-refractivity contribution >= 4 is 5.97 Å². The molecule has 0 aliphatic rings. The predicted molar refractivity (Wildman–Crippen MR) is 68.6 cm³/mol. The van der Waals surface area contributed by atoms with E-state index in [1.165, 1.54) is 0 Å². The number of carbonyl (C=O) groups excluding carboxylic acids is 1. The van der Waals surface area contributed by atoms with Gasteiger partial charge in [0.25, 0.3) is 0 Å². The summed E-state index contributed by atoms with van der Waals surface area (Å²) in [6.07, 6.45) is 0.757. The number of esters is 1. The molecule has 0 aliphatic heterocycles. The molecule has 0 radical (unpaired) electrons. The first-order valence-corrected chi connectivity index (χ1v) is 6.37. The average Bonchev–Trinajstić information content (AvgIpc) is 2.39. The van der Waals surface area contributed by atoms with Crippen LogP contribution in [0.5, 0.6) is 0 Å². The Balaban J connectivity index is 3.07. The first-order chi connectivity index (χ1) is 8.99. The van der Waals surface area contributed by atoms with Crippen LogP contribution in [-0.4, -0.2) is 18.6 Å². The second kappa shape index (κ2) is 7.19. The van der Waals surface area contributed by atoms with E-state index in [0.29, 0.717) is 0 Å². The van der Waals surface area contributed by atoms with E-state index < -0.39 is 23.6 Å². The van der Waals surface area contributed by atoms with E-state index in [-0.39, 0.29) is 18.2 Å². The topological polar surface area (TPSA) is 38.3 Å². The SMILES string of the molecule is CCOC(=O)C(NC(C)CC)c1cc(F)ccc1F. The van der Waals surface area contributed by atoms with Gasteiger partial charge in [-0.2, -0.15) is 0 Å². The lowest BCUT2D eigenvalue weighted by Crippen LogP contribution is -2.36. The number of hydrogen-bond acceptors (Lipinski definition) is 3. The third-order valence-corrected chi connectivity index (χ3v) is 2.85. The van der Waals surface area contributed by atoms with Crippen LogP contribution in [0.25, 0.3) is 0 Å². The van der Waals surface area contributed by atoms with E-state index in [0.717, 1.165) is 24.6 Å². The van der Waals surface area contributed by atoms with E-state index in [1.54, 1.807) is 6.92 Å². The molecule has 1 rings (SSSR count). The number of rotatable bonds is 6. The Kier molecular flexibility index (Phi) is 5.89. The van der Waals surface area contributed by atoms with Gasteiger partial charge in [-0.05, 0) is 38.5 Å². The first kappa shape index (κ1) is 15.6. The molecule has 106 valence electrons. The number of benzene rings is 1. The highest BCUT2D eigenvalue weighted by Crippen LogP contribution is 2.21. The highest BCUT2D eigenvalue weighted by molar-refractivity contribution is 5.77. The van der Waals surface area contributed by atoms with Crippen LogP contribution in [-0.2, 0) is 9.53 Å². The van der Waals surface area contributed by atoms with Crippen LogP contribution in [0.2, 0.25) is 0 Å². The van der Waals surface area contributed by atoms with Crippen LogP contribution < -0.4 is 5.32 Å². The number of ether oxygens (including phenoxy) is 1. The molecule has 0 heterocycles. The molecule has 0 amide bonds. The smallest absolute Gasteiger partial charge is 0.327 e. The molecule has 0 fully saturated rings. The summed E-state index contributed by atoms with van der Waals surface area (Å²) < 4.78 is 31.9. The van der Waals surface area contributed by atoms with Crippen molar-refractivity contribution in [3.63, 3.8) is 0 Å². The summed E-state index contributed by atoms with van der Waals surface area (Å²) in [5, 5.41) is 2.95. The zero-order valence-corrected chi connectivity index (χ0v) is 11.4. The van der Waals surface area contributed by atoms with Crippen LogP contribution in [0.4, 0.5) is 8.78 Å². The maximum Gasteiger partial charge on any atom is 0.327 e. The molecule has 3 nitrogen and oxygen atoms in total. The molecule has 0 bridgehead atoms. The van der Waals surface area contributed by atoms with Gasteiger partial charge < -0.3 is 4.74 Å². The van der Waals surface area contributed by atoms with Crippen LogP contribution in [0.15, 0.2) is 18.2 Å². The summed E-state index contributed by atoms with van der Waals surface area (Å²) in [7, 11) is 0. The summed E-state index contributed by atoms with van der Waals surface area (Å²) in [5.74, 6) is -1.82. The Hall–Kier alpha value is -1.49. The molecule has 0 saturated heterocycles. The molecule has 19 heavy (non-hydrogen) atoms. The minimum atomic E-state index is -0.995. The lowest BCUT2D eigenvalue weighted by atomic mass is 10.0. The monoisotopic (exact) mass is 271 g/mol. The standard InChI is InChI=1S/C14H19F2NO2/c1-4-9(3)17-13(14(18)19-5-2)11-8-10(15)6-7-12(11)16/h6-9,13,17H,4-5H2,1-3H3. The molecule has 5 heteroatoms. The van der Waals surface area contributed by atoms with Crippen molar-refractivity contribution in [1.29, 1.82) is 0 Å². The van der Waals surface area contributed by atoms with Crippen LogP contribution >= 0.6 is 0 Å². The van der Waals surface area contributed by atoms with Gasteiger partial charge in [0.1, 0.15) is 17.7 Å². The minimum Gasteiger partial charge on any atom is -0.465 e. The number of carbonyl (C=O) groups is 1. The van der Waals surface area contributed by atoms with Gasteiger partial charge in [-0.3, -0.25) is 5.32 Å². The Morgan fingerprint density at radius 3 is 2.63 bits per heavy atom. The zero-order valence-electron chi connectivity index (χ0n) is 11.4. The third-order valence-electron chi connectivity index (χ3n) is 2.85. The van der Waals surface area contributed by atoms with Crippen molar-refractivity contribution in [3.05, 3.63) is 35.4 Å². The largest absolute Gasteiger partial charge is 0.465 e. The zero-order chi connectivity index (χ0) is 14.4. The number of nitrogens with one attached hydrogen (secondary N) is 1. The van der Waals surface area contributed by atoms with Gasteiger partial charge in [-0.15, -0.1) is 0 Å². The van der Waals surface area contributed by atoms with Crippen molar-refractivity contribution in [1.82, 2.24) is 5.32 Å². The van der Waals surface area contributed by atoms with Gasteiger partial charge in [-0.1, -0.05) is 6.92 Å². The molecule has 1 N–H and O–H groups in total. The Bertz CT molecular complexity index is 437. The fourth-order valence-electron chi connectivity index (χ4n) is 1.65. The molecule has 2 unspecified atom stereocenters. The van der Waals surface area contributed by atoms with E-state index in [4.69, 9.17) is 4.74 Å².